The Morgan fingerprint density at radius 1 is 1.10 bits per heavy atom. The maximum absolute atomic E-state index is 14.0. The molecule has 1 unspecified atom stereocenters. The SMILES string of the molecule is COc1ccc(OCc2cc(C3C(C#N)=C(N)N(c4ccc(F)cc4[N+](=O)[O-])C4=C3C(=O)CCC4)c(C)cc2C)cc1. The van der Waals surface area contributed by atoms with Gasteiger partial charge in [-0.2, -0.15) is 5.26 Å². The third kappa shape index (κ3) is 5.05. The molecule has 0 saturated carbocycles. The number of methoxy groups -OCH3 is 1. The van der Waals surface area contributed by atoms with E-state index in [4.69, 9.17) is 15.2 Å². The average molecular weight is 569 g/mol. The lowest BCUT2D eigenvalue weighted by Gasteiger charge is -2.39. The normalized spacial score (nSPS) is 16.7. The van der Waals surface area contributed by atoms with Crippen LogP contribution >= 0.6 is 0 Å². The van der Waals surface area contributed by atoms with E-state index in [-0.39, 0.29) is 35.9 Å². The molecular formula is C32H29FN4O5. The van der Waals surface area contributed by atoms with Crippen LogP contribution in [0.25, 0.3) is 0 Å². The fourth-order valence-corrected chi connectivity index (χ4v) is 5.72. The minimum Gasteiger partial charge on any atom is -0.497 e. The number of allylic oxidation sites excluding steroid dienone is 3. The first kappa shape index (κ1) is 28.4. The number of aryl methyl sites for hydroxylation is 2. The predicted octanol–water partition coefficient (Wildman–Crippen LogP) is 6.24. The highest BCUT2D eigenvalue weighted by Gasteiger charge is 2.42. The number of benzene rings is 3. The minimum absolute atomic E-state index is 0.00140. The number of halogens is 1. The molecule has 42 heavy (non-hydrogen) atoms. The number of carbonyl (C=O) groups excluding carboxylic acids is 1. The van der Waals surface area contributed by atoms with Crippen LogP contribution in [-0.2, 0) is 11.4 Å². The van der Waals surface area contributed by atoms with Gasteiger partial charge in [-0.1, -0.05) is 12.1 Å². The van der Waals surface area contributed by atoms with Crippen LogP contribution in [0.4, 0.5) is 15.8 Å². The number of nitro groups is 1. The predicted molar refractivity (Wildman–Crippen MR) is 154 cm³/mol. The van der Waals surface area contributed by atoms with E-state index in [2.05, 4.69) is 6.07 Å². The second-order valence-corrected chi connectivity index (χ2v) is 10.3. The Hall–Kier alpha value is -5.17. The van der Waals surface area contributed by atoms with Crippen LogP contribution in [0, 0.1) is 41.1 Å². The maximum Gasteiger partial charge on any atom is 0.296 e. The van der Waals surface area contributed by atoms with Crippen molar-refractivity contribution in [2.45, 2.75) is 45.6 Å². The van der Waals surface area contributed by atoms with Crippen LogP contribution in [-0.4, -0.2) is 17.8 Å². The van der Waals surface area contributed by atoms with Gasteiger partial charge in [0.15, 0.2) is 5.78 Å². The topological polar surface area (TPSA) is 132 Å². The summed E-state index contributed by atoms with van der Waals surface area (Å²) < 4.78 is 25.3. The summed E-state index contributed by atoms with van der Waals surface area (Å²) in [7, 11) is 1.59. The largest absolute Gasteiger partial charge is 0.497 e. The molecule has 3 aromatic rings. The zero-order chi connectivity index (χ0) is 30.1. The number of nitrogens with two attached hydrogens (primary N) is 1. The third-order valence-corrected chi connectivity index (χ3v) is 7.78. The molecule has 0 amide bonds. The first-order valence-corrected chi connectivity index (χ1v) is 13.4. The number of anilines is 1. The Morgan fingerprint density at radius 2 is 1.81 bits per heavy atom. The van der Waals surface area contributed by atoms with Crippen LogP contribution in [0.2, 0.25) is 0 Å². The maximum atomic E-state index is 14.0. The summed E-state index contributed by atoms with van der Waals surface area (Å²) in [5.74, 6) is -0.372. The van der Waals surface area contributed by atoms with E-state index in [1.54, 1.807) is 19.2 Å². The highest BCUT2D eigenvalue weighted by molar-refractivity contribution is 6.01. The monoisotopic (exact) mass is 568 g/mol. The van der Waals surface area contributed by atoms with Crippen molar-refractivity contribution in [2.24, 2.45) is 5.73 Å². The number of rotatable bonds is 7. The summed E-state index contributed by atoms with van der Waals surface area (Å²) in [5.41, 5.74) is 10.5. The lowest BCUT2D eigenvalue weighted by atomic mass is 9.74. The molecule has 1 atom stereocenters. The van der Waals surface area contributed by atoms with E-state index in [0.717, 1.165) is 34.4 Å². The van der Waals surface area contributed by atoms with Crippen molar-refractivity contribution in [1.29, 1.82) is 5.26 Å². The fourth-order valence-electron chi connectivity index (χ4n) is 5.72. The molecule has 1 heterocycles. The Morgan fingerprint density at radius 3 is 2.48 bits per heavy atom. The molecule has 0 spiro atoms. The number of Topliss-reactive ketones (excluding diaryl/α,β-unsaturated/α-hetero) is 1. The number of carbonyl (C=O) groups is 1. The van der Waals surface area contributed by atoms with Gasteiger partial charge in [-0.05, 0) is 85.3 Å². The van der Waals surface area contributed by atoms with Crippen LogP contribution < -0.4 is 20.1 Å². The molecule has 0 fully saturated rings. The van der Waals surface area contributed by atoms with E-state index in [1.807, 2.05) is 38.1 Å². The molecule has 3 aromatic carbocycles. The summed E-state index contributed by atoms with van der Waals surface area (Å²) in [4.78, 5) is 26.1. The van der Waals surface area contributed by atoms with Crippen molar-refractivity contribution in [3.63, 3.8) is 0 Å². The van der Waals surface area contributed by atoms with Gasteiger partial charge in [-0.3, -0.25) is 19.8 Å². The van der Waals surface area contributed by atoms with Crippen molar-refractivity contribution >= 4 is 17.2 Å². The Kier molecular flexibility index (Phi) is 7.68. The van der Waals surface area contributed by atoms with Crippen molar-refractivity contribution in [2.75, 3.05) is 12.0 Å². The number of ketones is 1. The van der Waals surface area contributed by atoms with Gasteiger partial charge in [0.25, 0.3) is 5.69 Å². The number of hydrogen-bond donors (Lipinski definition) is 1. The van der Waals surface area contributed by atoms with E-state index < -0.39 is 22.3 Å². The van der Waals surface area contributed by atoms with Gasteiger partial charge in [0.2, 0.25) is 0 Å². The molecule has 0 aromatic heterocycles. The molecule has 2 aliphatic rings. The molecule has 0 bridgehead atoms. The molecule has 0 radical (unpaired) electrons. The molecule has 10 heteroatoms. The number of ether oxygens (including phenoxy) is 2. The van der Waals surface area contributed by atoms with Gasteiger partial charge < -0.3 is 15.2 Å². The van der Waals surface area contributed by atoms with Gasteiger partial charge in [0.05, 0.1) is 35.7 Å². The number of nitriles is 1. The van der Waals surface area contributed by atoms with E-state index in [0.29, 0.717) is 35.6 Å². The summed E-state index contributed by atoms with van der Waals surface area (Å²) in [6, 6.07) is 16.5. The van der Waals surface area contributed by atoms with Gasteiger partial charge in [-0.15, -0.1) is 0 Å². The first-order chi connectivity index (χ1) is 20.1. The van der Waals surface area contributed by atoms with Crippen LogP contribution in [0.5, 0.6) is 11.5 Å². The summed E-state index contributed by atoms with van der Waals surface area (Å²) in [5, 5.41) is 22.3. The molecule has 9 nitrogen and oxygen atoms in total. The van der Waals surface area contributed by atoms with Gasteiger partial charge in [0.1, 0.15) is 35.4 Å². The van der Waals surface area contributed by atoms with Crippen molar-refractivity contribution in [1.82, 2.24) is 0 Å². The Bertz CT molecular complexity index is 1700. The molecular weight excluding hydrogens is 539 g/mol. The van der Waals surface area contributed by atoms with Gasteiger partial charge >= 0.3 is 0 Å². The zero-order valence-corrected chi connectivity index (χ0v) is 23.4. The number of hydrogen-bond acceptors (Lipinski definition) is 8. The first-order valence-electron chi connectivity index (χ1n) is 13.4. The quantitative estimate of drug-likeness (QED) is 0.262. The standard InChI is InChI=1S/C32H29FN4O5/c1-18-13-19(2)24(14-20(18)17-42-23-10-8-22(41-3)9-11-23)30-25(16-34)32(35)36(27-5-4-6-29(38)31(27)30)26-12-7-21(33)15-28(26)37(39)40/h7-15,30H,4-6,17,35H2,1-3H3. The summed E-state index contributed by atoms with van der Waals surface area (Å²) >= 11 is 0. The van der Waals surface area contributed by atoms with Crippen LogP contribution in [0.3, 0.4) is 0 Å². The van der Waals surface area contributed by atoms with Crippen LogP contribution in [0.1, 0.15) is 47.4 Å². The van der Waals surface area contributed by atoms with Crippen molar-refractivity contribution in [3.05, 3.63) is 115 Å². The van der Waals surface area contributed by atoms with E-state index >= 15 is 0 Å². The molecule has 214 valence electrons. The van der Waals surface area contributed by atoms with E-state index in [9.17, 15) is 24.6 Å². The van der Waals surface area contributed by atoms with E-state index in [1.165, 1.54) is 11.0 Å². The fraction of sp³-hybridized carbons (Fsp3) is 0.250. The second kappa shape index (κ2) is 11.4. The average Bonchev–Trinajstić information content (AvgIpc) is 2.97. The summed E-state index contributed by atoms with van der Waals surface area (Å²) in [6.07, 6.45) is 1.19. The Balaban J connectivity index is 1.63. The third-order valence-electron chi connectivity index (χ3n) is 7.78. The van der Waals surface area contributed by atoms with Gasteiger partial charge in [0, 0.05) is 17.7 Å². The molecule has 2 N–H and O–H groups in total. The van der Waals surface area contributed by atoms with Gasteiger partial charge in [-0.25, -0.2) is 4.39 Å². The van der Waals surface area contributed by atoms with Crippen LogP contribution in [0.15, 0.2) is 77.3 Å². The molecule has 0 saturated heterocycles. The second-order valence-electron chi connectivity index (χ2n) is 10.3. The minimum atomic E-state index is -0.781. The number of nitrogens with zero attached hydrogens (tertiary/aromatic N) is 3. The lowest BCUT2D eigenvalue weighted by Crippen LogP contribution is -2.39. The lowest BCUT2D eigenvalue weighted by molar-refractivity contribution is -0.384. The molecule has 1 aliphatic heterocycles. The Labute approximate surface area is 242 Å². The highest BCUT2D eigenvalue weighted by Crippen LogP contribution is 2.48. The smallest absolute Gasteiger partial charge is 0.296 e. The van der Waals surface area contributed by atoms with Crippen molar-refractivity contribution < 1.29 is 23.6 Å². The van der Waals surface area contributed by atoms with Crippen molar-refractivity contribution in [3.8, 4) is 17.6 Å². The highest BCUT2D eigenvalue weighted by atomic mass is 19.1. The summed E-state index contributed by atoms with van der Waals surface area (Å²) in [6.45, 7) is 4.12. The zero-order valence-electron chi connectivity index (χ0n) is 23.4. The number of nitro benzene ring substituents is 1. The molecule has 1 aliphatic carbocycles. The molecule has 5 rings (SSSR count).